The van der Waals surface area contributed by atoms with Crippen molar-refractivity contribution in [3.63, 3.8) is 0 Å². The van der Waals surface area contributed by atoms with Gasteiger partial charge in [0.25, 0.3) is 5.91 Å². The van der Waals surface area contributed by atoms with Crippen molar-refractivity contribution in [1.82, 2.24) is 20.4 Å². The average Bonchev–Trinajstić information content (AvgIpc) is 3.62. The predicted octanol–water partition coefficient (Wildman–Crippen LogP) is 4.18. The Kier molecular flexibility index (Phi) is 10.8. The minimum atomic E-state index is -0.328. The molecule has 2 heterocycles. The van der Waals surface area contributed by atoms with Crippen molar-refractivity contribution in [3.05, 3.63) is 63.6 Å². The molecular weight excluding hydrogens is 554 g/mol. The zero-order chi connectivity index (χ0) is 28.2. The molecule has 0 saturated heterocycles. The molecule has 0 unspecified atom stereocenters. The number of aryl methyl sites for hydroxylation is 2. The van der Waals surface area contributed by atoms with E-state index in [9.17, 15) is 9.59 Å². The zero-order valence-corrected chi connectivity index (χ0v) is 23.8. The first-order chi connectivity index (χ1) is 19.5. The molecular formula is C27H29N5O6S2. The Balaban J connectivity index is 1.13. The van der Waals surface area contributed by atoms with Crippen molar-refractivity contribution < 1.29 is 28.5 Å². The third-order valence-corrected chi connectivity index (χ3v) is 7.37. The summed E-state index contributed by atoms with van der Waals surface area (Å²) in [6.45, 7) is -0.228. The summed E-state index contributed by atoms with van der Waals surface area (Å²) in [6, 6.07) is 14.3. The lowest BCUT2D eigenvalue weighted by Gasteiger charge is -2.09. The Bertz CT molecular complexity index is 1300. The number of methoxy groups -OCH3 is 2. The largest absolute Gasteiger partial charge is 0.493 e. The van der Waals surface area contributed by atoms with Crippen LogP contribution >= 0.6 is 22.7 Å². The van der Waals surface area contributed by atoms with Crippen LogP contribution in [0.15, 0.2) is 48.5 Å². The van der Waals surface area contributed by atoms with Gasteiger partial charge in [0, 0.05) is 12.8 Å². The maximum Gasteiger partial charge on any atom is 0.264 e. The first-order valence-electron chi connectivity index (χ1n) is 12.5. The second-order valence-corrected chi connectivity index (χ2v) is 10.6. The number of nitrogens with one attached hydrogen (secondary N) is 1. The van der Waals surface area contributed by atoms with E-state index in [-0.39, 0.29) is 31.3 Å². The lowest BCUT2D eigenvalue weighted by molar-refractivity contribution is -0.120. The maximum absolute atomic E-state index is 12.3. The summed E-state index contributed by atoms with van der Waals surface area (Å²) in [6.07, 6.45) is 3.42. The number of unbranched alkanes of at least 4 members (excludes halogenated alkanes) is 1. The second-order valence-electron chi connectivity index (χ2n) is 8.44. The third kappa shape index (κ3) is 8.71. The van der Waals surface area contributed by atoms with E-state index in [1.54, 1.807) is 44.6 Å². The van der Waals surface area contributed by atoms with E-state index in [0.29, 0.717) is 33.1 Å². The summed E-state index contributed by atoms with van der Waals surface area (Å²) in [5.74, 6) is 1.74. The Labute approximate surface area is 239 Å². The van der Waals surface area contributed by atoms with Gasteiger partial charge in [0.15, 0.2) is 35.4 Å². The number of anilines is 1. The molecule has 0 aliphatic heterocycles. The lowest BCUT2D eigenvalue weighted by Crippen LogP contribution is -2.20. The van der Waals surface area contributed by atoms with E-state index >= 15 is 0 Å². The zero-order valence-electron chi connectivity index (χ0n) is 22.1. The highest BCUT2D eigenvalue weighted by atomic mass is 32.1. The summed E-state index contributed by atoms with van der Waals surface area (Å²) in [5, 5.41) is 22.1. The molecule has 4 rings (SSSR count). The second kappa shape index (κ2) is 14.9. The topological polar surface area (TPSA) is 135 Å². The highest BCUT2D eigenvalue weighted by Crippen LogP contribution is 2.27. The van der Waals surface area contributed by atoms with E-state index in [2.05, 4.69) is 25.7 Å². The number of amides is 1. The summed E-state index contributed by atoms with van der Waals surface area (Å²) < 4.78 is 21.6. The van der Waals surface area contributed by atoms with E-state index < -0.39 is 0 Å². The van der Waals surface area contributed by atoms with Gasteiger partial charge in [-0.05, 0) is 37.1 Å². The molecule has 0 bridgehead atoms. The molecule has 0 saturated carbocycles. The minimum absolute atomic E-state index is 0.0611. The quantitative estimate of drug-likeness (QED) is 0.191. The van der Waals surface area contributed by atoms with Gasteiger partial charge in [0.05, 0.1) is 20.6 Å². The van der Waals surface area contributed by atoms with Crippen LogP contribution in [0.25, 0.3) is 0 Å². The van der Waals surface area contributed by atoms with Gasteiger partial charge in [0.1, 0.15) is 21.6 Å². The molecule has 13 heteroatoms. The summed E-state index contributed by atoms with van der Waals surface area (Å²) >= 11 is 2.77. The summed E-state index contributed by atoms with van der Waals surface area (Å²) in [4.78, 5) is 24.6. The molecule has 1 amide bonds. The number of ether oxygens (including phenoxy) is 4. The van der Waals surface area contributed by atoms with Crippen LogP contribution in [0, 0.1) is 0 Å². The van der Waals surface area contributed by atoms with Gasteiger partial charge in [-0.2, -0.15) is 0 Å². The molecule has 1 N–H and O–H groups in total. The number of rotatable bonds is 16. The molecule has 0 aliphatic rings. The molecule has 0 atom stereocenters. The Hall–Kier alpha value is -4.10. The number of carbonyl (C=O) groups is 2. The molecule has 0 radical (unpaired) electrons. The van der Waals surface area contributed by atoms with Gasteiger partial charge >= 0.3 is 0 Å². The maximum atomic E-state index is 12.3. The Morgan fingerprint density at radius 2 is 1.23 bits per heavy atom. The molecule has 11 nitrogen and oxygen atoms in total. The molecule has 2 aromatic heterocycles. The minimum Gasteiger partial charge on any atom is -0.493 e. The van der Waals surface area contributed by atoms with E-state index in [0.717, 1.165) is 35.7 Å². The lowest BCUT2D eigenvalue weighted by atomic mass is 10.2. The number of benzene rings is 2. The third-order valence-electron chi connectivity index (χ3n) is 5.49. The molecule has 40 heavy (non-hydrogen) atoms. The van der Waals surface area contributed by atoms with Gasteiger partial charge in [-0.15, -0.1) is 31.7 Å². The number of aromatic nitrogens is 4. The molecule has 0 fully saturated rings. The van der Waals surface area contributed by atoms with E-state index in [1.165, 1.54) is 22.7 Å². The number of hydrogen-bond donors (Lipinski definition) is 1. The van der Waals surface area contributed by atoms with Crippen LogP contribution < -0.4 is 24.3 Å². The van der Waals surface area contributed by atoms with Crippen LogP contribution in [0.1, 0.15) is 27.9 Å². The number of para-hydroxylation sites is 4. The predicted molar refractivity (Wildman–Crippen MR) is 151 cm³/mol. The number of carbonyl (C=O) groups excluding carboxylic acids is 2. The number of ketones is 1. The van der Waals surface area contributed by atoms with Crippen LogP contribution in [-0.2, 0) is 28.9 Å². The fourth-order valence-electron chi connectivity index (χ4n) is 3.57. The first-order valence-corrected chi connectivity index (χ1v) is 14.1. The van der Waals surface area contributed by atoms with Crippen molar-refractivity contribution in [3.8, 4) is 23.0 Å². The van der Waals surface area contributed by atoms with Crippen LogP contribution in [0.2, 0.25) is 0 Å². The fraction of sp³-hybridized carbons (Fsp3) is 0.333. The standard InChI is InChI=1S/C27H29N5O6S2/c1-35-19-9-3-5-11-21(19)37-16-18(33)15-26-31-29-24(39-26)13-7-8-14-25-30-32-27(40-25)28-23(34)17-38-22-12-6-4-10-20(22)36-2/h3-6,9-12H,7-8,13-17H2,1-2H3,(H,28,32,34). The highest BCUT2D eigenvalue weighted by molar-refractivity contribution is 7.15. The fourth-order valence-corrected chi connectivity index (χ4v) is 5.28. The average molecular weight is 584 g/mol. The van der Waals surface area contributed by atoms with Crippen LogP contribution in [0.3, 0.4) is 0 Å². The van der Waals surface area contributed by atoms with Gasteiger partial charge in [-0.25, -0.2) is 0 Å². The van der Waals surface area contributed by atoms with Gasteiger partial charge in [-0.3, -0.25) is 14.9 Å². The Morgan fingerprint density at radius 3 is 1.85 bits per heavy atom. The van der Waals surface area contributed by atoms with Gasteiger partial charge in [0.2, 0.25) is 5.13 Å². The summed E-state index contributed by atoms with van der Waals surface area (Å²) in [7, 11) is 3.10. The van der Waals surface area contributed by atoms with E-state index in [4.69, 9.17) is 18.9 Å². The van der Waals surface area contributed by atoms with E-state index in [1.807, 2.05) is 18.2 Å². The van der Waals surface area contributed by atoms with Crippen molar-refractivity contribution >= 4 is 39.5 Å². The summed E-state index contributed by atoms with van der Waals surface area (Å²) in [5.41, 5.74) is 0. The number of hydrogen-bond acceptors (Lipinski definition) is 12. The van der Waals surface area contributed by atoms with Gasteiger partial charge < -0.3 is 18.9 Å². The molecule has 0 aliphatic carbocycles. The van der Waals surface area contributed by atoms with Crippen LogP contribution in [0.5, 0.6) is 23.0 Å². The normalized spacial score (nSPS) is 10.7. The van der Waals surface area contributed by atoms with Crippen LogP contribution in [-0.4, -0.2) is 59.5 Å². The Morgan fingerprint density at radius 1 is 0.700 bits per heavy atom. The van der Waals surface area contributed by atoms with Crippen molar-refractivity contribution in [2.24, 2.45) is 0 Å². The van der Waals surface area contributed by atoms with Gasteiger partial charge in [-0.1, -0.05) is 35.6 Å². The van der Waals surface area contributed by atoms with Crippen molar-refractivity contribution in [1.29, 1.82) is 0 Å². The molecule has 4 aromatic rings. The highest BCUT2D eigenvalue weighted by Gasteiger charge is 2.13. The number of nitrogens with zero attached hydrogens (tertiary/aromatic N) is 4. The molecule has 210 valence electrons. The number of Topliss-reactive ketones (excluding diaryl/α,β-unsaturated/α-hetero) is 1. The smallest absolute Gasteiger partial charge is 0.264 e. The van der Waals surface area contributed by atoms with Crippen molar-refractivity contribution in [2.45, 2.75) is 32.1 Å². The van der Waals surface area contributed by atoms with Crippen molar-refractivity contribution in [2.75, 3.05) is 32.8 Å². The molecule has 0 spiro atoms. The van der Waals surface area contributed by atoms with Crippen LogP contribution in [0.4, 0.5) is 5.13 Å². The SMILES string of the molecule is COc1ccccc1OCC(=O)Cc1nnc(CCCCc2nnc(NC(=O)COc3ccccc3OC)s2)s1. The monoisotopic (exact) mass is 583 g/mol. The molecule has 2 aromatic carbocycles. The first kappa shape index (κ1) is 28.9.